The Morgan fingerprint density at radius 3 is 1.92 bits per heavy atom. The minimum absolute atomic E-state index is 0.339. The standard InChI is InChI=1S/C20H16FN3O2/c21-15-11-9-14(10-12-15)19(25)22-17-7-4-8-18(13-17)24-20(26)23-16-5-2-1-3-6-16/h1-13H,(H,22,25)(H2,23,24,26). The summed E-state index contributed by atoms with van der Waals surface area (Å²) < 4.78 is 12.9. The van der Waals surface area contributed by atoms with E-state index in [2.05, 4.69) is 16.0 Å². The second-order valence-corrected chi connectivity index (χ2v) is 5.49. The number of nitrogens with one attached hydrogen (secondary N) is 3. The maximum Gasteiger partial charge on any atom is 0.323 e. The highest BCUT2D eigenvalue weighted by Gasteiger charge is 2.08. The van der Waals surface area contributed by atoms with Crippen molar-refractivity contribution in [3.05, 3.63) is 90.2 Å². The summed E-state index contributed by atoms with van der Waals surface area (Å²) in [5.41, 5.74) is 2.05. The molecule has 130 valence electrons. The Morgan fingerprint density at radius 1 is 0.654 bits per heavy atom. The summed E-state index contributed by atoms with van der Waals surface area (Å²) in [6, 6.07) is 20.7. The van der Waals surface area contributed by atoms with Gasteiger partial charge in [-0.1, -0.05) is 24.3 Å². The van der Waals surface area contributed by atoms with Crippen LogP contribution in [0.15, 0.2) is 78.9 Å². The molecule has 3 aromatic rings. The van der Waals surface area contributed by atoms with Gasteiger partial charge in [0.15, 0.2) is 0 Å². The van der Waals surface area contributed by atoms with Crippen LogP contribution in [0.25, 0.3) is 0 Å². The molecule has 5 nitrogen and oxygen atoms in total. The summed E-state index contributed by atoms with van der Waals surface area (Å²) in [6.45, 7) is 0. The maximum atomic E-state index is 12.9. The molecule has 26 heavy (non-hydrogen) atoms. The topological polar surface area (TPSA) is 70.2 Å². The van der Waals surface area contributed by atoms with Crippen LogP contribution in [0.1, 0.15) is 10.4 Å². The monoisotopic (exact) mass is 349 g/mol. The molecule has 3 amide bonds. The van der Waals surface area contributed by atoms with Crippen molar-refractivity contribution in [2.24, 2.45) is 0 Å². The highest BCUT2D eigenvalue weighted by Crippen LogP contribution is 2.17. The Morgan fingerprint density at radius 2 is 1.23 bits per heavy atom. The number of anilines is 3. The third kappa shape index (κ3) is 4.67. The Balaban J connectivity index is 1.63. The van der Waals surface area contributed by atoms with E-state index in [4.69, 9.17) is 0 Å². The summed E-state index contributed by atoms with van der Waals surface area (Å²) in [7, 11) is 0. The van der Waals surface area contributed by atoms with E-state index in [1.54, 1.807) is 36.4 Å². The normalized spacial score (nSPS) is 10.0. The lowest BCUT2D eigenvalue weighted by Gasteiger charge is -2.10. The molecule has 0 aliphatic heterocycles. The Hall–Kier alpha value is -3.67. The molecule has 0 saturated carbocycles. The van der Waals surface area contributed by atoms with Gasteiger partial charge in [0.1, 0.15) is 5.82 Å². The number of hydrogen-bond donors (Lipinski definition) is 3. The molecule has 0 radical (unpaired) electrons. The molecule has 0 saturated heterocycles. The summed E-state index contributed by atoms with van der Waals surface area (Å²) in [6.07, 6.45) is 0. The fourth-order valence-electron chi connectivity index (χ4n) is 2.29. The van der Waals surface area contributed by atoms with Crippen LogP contribution < -0.4 is 16.0 Å². The number of benzene rings is 3. The zero-order valence-corrected chi connectivity index (χ0v) is 13.7. The molecule has 0 atom stereocenters. The van der Waals surface area contributed by atoms with Gasteiger partial charge in [-0.2, -0.15) is 0 Å². The lowest BCUT2D eigenvalue weighted by atomic mass is 10.2. The number of rotatable bonds is 4. The molecule has 0 aliphatic rings. The molecule has 0 spiro atoms. The van der Waals surface area contributed by atoms with Gasteiger partial charge in [-0.3, -0.25) is 4.79 Å². The molecule has 3 N–H and O–H groups in total. The first-order valence-electron chi connectivity index (χ1n) is 7.90. The quantitative estimate of drug-likeness (QED) is 0.638. The van der Waals surface area contributed by atoms with Crippen molar-refractivity contribution in [1.29, 1.82) is 0 Å². The van der Waals surface area contributed by atoms with Crippen molar-refractivity contribution in [1.82, 2.24) is 0 Å². The molecular formula is C20H16FN3O2. The van der Waals surface area contributed by atoms with Gasteiger partial charge < -0.3 is 16.0 Å². The Labute approximate surface area is 149 Å². The molecule has 3 aromatic carbocycles. The smallest absolute Gasteiger partial charge is 0.322 e. The number of para-hydroxylation sites is 1. The van der Waals surface area contributed by atoms with Crippen molar-refractivity contribution in [3.8, 4) is 0 Å². The van der Waals surface area contributed by atoms with Gasteiger partial charge >= 0.3 is 6.03 Å². The van der Waals surface area contributed by atoms with Crippen molar-refractivity contribution < 1.29 is 14.0 Å². The first-order chi connectivity index (χ1) is 12.6. The van der Waals surface area contributed by atoms with E-state index >= 15 is 0 Å². The molecule has 0 fully saturated rings. The van der Waals surface area contributed by atoms with Gasteiger partial charge in [0.2, 0.25) is 0 Å². The van der Waals surface area contributed by atoms with Gasteiger partial charge in [-0.05, 0) is 54.6 Å². The number of halogens is 1. The van der Waals surface area contributed by atoms with E-state index in [-0.39, 0.29) is 5.91 Å². The highest BCUT2D eigenvalue weighted by atomic mass is 19.1. The van der Waals surface area contributed by atoms with Gasteiger partial charge in [-0.15, -0.1) is 0 Å². The van der Waals surface area contributed by atoms with Gasteiger partial charge in [0, 0.05) is 22.6 Å². The van der Waals surface area contributed by atoms with Crippen molar-refractivity contribution in [3.63, 3.8) is 0 Å². The van der Waals surface area contributed by atoms with E-state index in [1.807, 2.05) is 18.2 Å². The first kappa shape index (κ1) is 17.2. The summed E-state index contributed by atoms with van der Waals surface area (Å²) in [5, 5.41) is 8.12. The summed E-state index contributed by atoms with van der Waals surface area (Å²) >= 11 is 0. The van der Waals surface area contributed by atoms with Crippen LogP contribution in [-0.2, 0) is 0 Å². The minimum atomic E-state index is -0.405. The fourth-order valence-corrected chi connectivity index (χ4v) is 2.29. The molecule has 0 heterocycles. The van der Waals surface area contributed by atoms with E-state index in [0.29, 0.717) is 22.6 Å². The molecule has 6 heteroatoms. The SMILES string of the molecule is O=C(Nc1ccccc1)Nc1cccc(NC(=O)c2ccc(F)cc2)c1. The third-order valence-corrected chi connectivity index (χ3v) is 3.52. The lowest BCUT2D eigenvalue weighted by molar-refractivity contribution is 0.102. The van der Waals surface area contributed by atoms with E-state index in [0.717, 1.165) is 0 Å². The van der Waals surface area contributed by atoms with Gasteiger partial charge in [0.25, 0.3) is 5.91 Å². The summed E-state index contributed by atoms with van der Waals surface area (Å²) in [5.74, 6) is -0.770. The van der Waals surface area contributed by atoms with Crippen molar-refractivity contribution >= 4 is 29.0 Å². The summed E-state index contributed by atoms with van der Waals surface area (Å²) in [4.78, 5) is 24.2. The van der Waals surface area contributed by atoms with Crippen LogP contribution in [-0.4, -0.2) is 11.9 Å². The van der Waals surface area contributed by atoms with Crippen LogP contribution in [0.5, 0.6) is 0 Å². The van der Waals surface area contributed by atoms with Crippen LogP contribution in [0, 0.1) is 5.82 Å². The average molecular weight is 349 g/mol. The van der Waals surface area contributed by atoms with Crippen LogP contribution in [0.3, 0.4) is 0 Å². The molecule has 0 bridgehead atoms. The minimum Gasteiger partial charge on any atom is -0.322 e. The number of carbonyl (C=O) groups is 2. The lowest BCUT2D eigenvalue weighted by Crippen LogP contribution is -2.19. The van der Waals surface area contributed by atoms with Gasteiger partial charge in [0.05, 0.1) is 0 Å². The van der Waals surface area contributed by atoms with Crippen LogP contribution >= 0.6 is 0 Å². The Kier molecular flexibility index (Phi) is 5.24. The molecule has 0 unspecified atom stereocenters. The fraction of sp³-hybridized carbons (Fsp3) is 0. The largest absolute Gasteiger partial charge is 0.323 e. The molecule has 0 aliphatic carbocycles. The zero-order chi connectivity index (χ0) is 18.4. The number of urea groups is 1. The number of carbonyl (C=O) groups excluding carboxylic acids is 2. The number of amides is 3. The second kappa shape index (κ2) is 7.94. The first-order valence-corrected chi connectivity index (χ1v) is 7.90. The van der Waals surface area contributed by atoms with E-state index < -0.39 is 11.8 Å². The van der Waals surface area contributed by atoms with Gasteiger partial charge in [-0.25, -0.2) is 9.18 Å². The molecule has 3 rings (SSSR count). The predicted octanol–water partition coefficient (Wildman–Crippen LogP) is 4.72. The van der Waals surface area contributed by atoms with Crippen molar-refractivity contribution in [2.45, 2.75) is 0 Å². The number of hydrogen-bond acceptors (Lipinski definition) is 2. The van der Waals surface area contributed by atoms with E-state index in [1.165, 1.54) is 24.3 Å². The van der Waals surface area contributed by atoms with Crippen LogP contribution in [0.4, 0.5) is 26.2 Å². The van der Waals surface area contributed by atoms with Crippen LogP contribution in [0.2, 0.25) is 0 Å². The Bertz CT molecular complexity index is 912. The average Bonchev–Trinajstić information content (AvgIpc) is 2.63. The predicted molar refractivity (Wildman–Crippen MR) is 99.9 cm³/mol. The zero-order valence-electron chi connectivity index (χ0n) is 13.7. The third-order valence-electron chi connectivity index (χ3n) is 3.52. The maximum absolute atomic E-state index is 12.9. The molecule has 0 aromatic heterocycles. The second-order valence-electron chi connectivity index (χ2n) is 5.49. The van der Waals surface area contributed by atoms with E-state index in [9.17, 15) is 14.0 Å². The molecular weight excluding hydrogens is 333 g/mol. The van der Waals surface area contributed by atoms with Crippen molar-refractivity contribution in [2.75, 3.05) is 16.0 Å². The highest BCUT2D eigenvalue weighted by molar-refractivity contribution is 6.05.